The van der Waals surface area contributed by atoms with E-state index in [-0.39, 0.29) is 0 Å². The molecule has 0 amide bonds. The molecule has 0 unspecified atom stereocenters. The molecule has 29 heavy (non-hydrogen) atoms. The molecule has 0 aliphatic rings. The summed E-state index contributed by atoms with van der Waals surface area (Å²) >= 11 is 26.5. The van der Waals surface area contributed by atoms with Crippen LogP contribution in [0.4, 0.5) is 0 Å². The highest BCUT2D eigenvalue weighted by molar-refractivity contribution is 6.35. The van der Waals surface area contributed by atoms with E-state index in [1.165, 1.54) is 0 Å². The molecule has 0 atom stereocenters. The predicted molar refractivity (Wildman–Crippen MR) is 125 cm³/mol. The molecule has 4 aromatic carbocycles. The second kappa shape index (κ2) is 8.42. The van der Waals surface area contributed by atoms with E-state index >= 15 is 0 Å². The third-order valence-corrected chi connectivity index (χ3v) is 6.21. The summed E-state index contributed by atoms with van der Waals surface area (Å²) in [5, 5.41) is 2.38. The normalized spacial score (nSPS) is 11.4. The lowest BCUT2D eigenvalue weighted by molar-refractivity contribution is 0.745. The lowest BCUT2D eigenvalue weighted by atomic mass is 9.65. The summed E-state index contributed by atoms with van der Waals surface area (Å²) in [5.74, 6) is 0. The zero-order valence-electron chi connectivity index (χ0n) is 15.2. The van der Waals surface area contributed by atoms with Crippen LogP contribution in [-0.4, -0.2) is 0 Å². The maximum absolute atomic E-state index is 6.79. The van der Waals surface area contributed by atoms with Crippen molar-refractivity contribution in [1.29, 1.82) is 0 Å². The van der Waals surface area contributed by atoms with Crippen molar-refractivity contribution in [2.24, 2.45) is 0 Å². The third kappa shape index (κ3) is 3.67. The van der Waals surface area contributed by atoms with Crippen LogP contribution >= 0.6 is 46.4 Å². The highest BCUT2D eigenvalue weighted by Gasteiger charge is 2.41. The maximum Gasteiger partial charge on any atom is 0.0731 e. The maximum atomic E-state index is 6.79. The van der Waals surface area contributed by atoms with Gasteiger partial charge >= 0.3 is 0 Å². The zero-order valence-corrected chi connectivity index (χ0v) is 18.3. The average Bonchev–Trinajstić information content (AvgIpc) is 2.75. The Morgan fingerprint density at radius 3 is 1.21 bits per heavy atom. The van der Waals surface area contributed by atoms with Gasteiger partial charge in [-0.25, -0.2) is 0 Å². The van der Waals surface area contributed by atoms with Crippen LogP contribution in [0.15, 0.2) is 97.1 Å². The van der Waals surface area contributed by atoms with E-state index in [1.54, 1.807) is 12.1 Å². The monoisotopic (exact) mass is 456 g/mol. The molecule has 0 bridgehead atoms. The van der Waals surface area contributed by atoms with Crippen LogP contribution in [0.1, 0.15) is 22.3 Å². The van der Waals surface area contributed by atoms with Gasteiger partial charge in [-0.05, 0) is 58.7 Å². The van der Waals surface area contributed by atoms with Gasteiger partial charge in [0.15, 0.2) is 0 Å². The number of hydrogen-bond acceptors (Lipinski definition) is 0. The molecule has 4 rings (SSSR count). The number of benzene rings is 4. The Kier molecular flexibility index (Phi) is 5.90. The largest absolute Gasteiger partial charge is 0.0843 e. The van der Waals surface area contributed by atoms with Crippen LogP contribution in [0.3, 0.4) is 0 Å². The van der Waals surface area contributed by atoms with Gasteiger partial charge in [-0.3, -0.25) is 0 Å². The minimum absolute atomic E-state index is 0.596. The van der Waals surface area contributed by atoms with Crippen molar-refractivity contribution < 1.29 is 0 Å². The Labute approximate surface area is 190 Å². The van der Waals surface area contributed by atoms with Gasteiger partial charge in [-0.15, -0.1) is 0 Å². The standard InChI is InChI=1S/C25H16Cl4/c26-19-11-13-23(28)21(15-19)25(17-7-3-1-4-8-17,18-9-5-2-6-10-18)22-16-20(27)12-14-24(22)29/h1-16H. The van der Waals surface area contributed by atoms with E-state index in [9.17, 15) is 0 Å². The second-order valence-corrected chi connectivity index (χ2v) is 8.42. The molecular weight excluding hydrogens is 442 g/mol. The first-order valence-corrected chi connectivity index (χ1v) is 10.6. The summed E-state index contributed by atoms with van der Waals surface area (Å²) in [6.45, 7) is 0. The lowest BCUT2D eigenvalue weighted by Crippen LogP contribution is -2.31. The predicted octanol–water partition coefficient (Wildman–Crippen LogP) is 8.68. The van der Waals surface area contributed by atoms with Gasteiger partial charge in [-0.1, -0.05) is 107 Å². The van der Waals surface area contributed by atoms with E-state index in [4.69, 9.17) is 46.4 Å². The van der Waals surface area contributed by atoms with Crippen molar-refractivity contribution in [3.63, 3.8) is 0 Å². The van der Waals surface area contributed by atoms with Crippen molar-refractivity contribution in [3.8, 4) is 0 Å². The minimum atomic E-state index is -0.799. The number of hydrogen-bond donors (Lipinski definition) is 0. The molecule has 0 heterocycles. The molecule has 0 fully saturated rings. The Morgan fingerprint density at radius 2 is 0.828 bits per heavy atom. The highest BCUT2D eigenvalue weighted by atomic mass is 35.5. The van der Waals surface area contributed by atoms with Gasteiger partial charge in [0.05, 0.1) is 5.41 Å². The van der Waals surface area contributed by atoms with Crippen molar-refractivity contribution in [1.82, 2.24) is 0 Å². The number of rotatable bonds is 4. The molecule has 4 aromatic rings. The first-order valence-electron chi connectivity index (χ1n) is 9.05. The molecule has 0 saturated carbocycles. The van der Waals surface area contributed by atoms with Crippen LogP contribution in [-0.2, 0) is 5.41 Å². The van der Waals surface area contributed by atoms with Crippen molar-refractivity contribution >= 4 is 46.4 Å². The average molecular weight is 458 g/mol. The Bertz CT molecular complexity index is 1050. The quantitative estimate of drug-likeness (QED) is 0.269. The fourth-order valence-corrected chi connectivity index (χ4v) is 4.74. The molecule has 0 N–H and O–H groups in total. The lowest BCUT2D eigenvalue weighted by Gasteiger charge is -2.38. The van der Waals surface area contributed by atoms with E-state index < -0.39 is 5.41 Å². The summed E-state index contributed by atoms with van der Waals surface area (Å²) in [5.41, 5.74) is 2.91. The molecule has 0 aromatic heterocycles. The van der Waals surface area contributed by atoms with E-state index in [0.717, 1.165) is 22.3 Å². The van der Waals surface area contributed by atoms with Crippen LogP contribution in [0.25, 0.3) is 0 Å². The van der Waals surface area contributed by atoms with E-state index in [2.05, 4.69) is 24.3 Å². The van der Waals surface area contributed by atoms with Crippen molar-refractivity contribution in [2.75, 3.05) is 0 Å². The molecule has 0 spiro atoms. The first kappa shape index (κ1) is 20.3. The minimum Gasteiger partial charge on any atom is -0.0843 e. The molecule has 144 valence electrons. The summed E-state index contributed by atoms with van der Waals surface area (Å²) in [7, 11) is 0. The van der Waals surface area contributed by atoms with Crippen molar-refractivity contribution in [2.45, 2.75) is 5.41 Å². The fourth-order valence-electron chi connectivity index (χ4n) is 3.88. The highest BCUT2D eigenvalue weighted by Crippen LogP contribution is 2.50. The molecular formula is C25H16Cl4. The molecule has 0 aliphatic carbocycles. The molecule has 4 heteroatoms. The smallest absolute Gasteiger partial charge is 0.0731 e. The molecule has 0 aliphatic heterocycles. The third-order valence-electron chi connectivity index (χ3n) is 5.08. The van der Waals surface area contributed by atoms with Crippen LogP contribution in [0.5, 0.6) is 0 Å². The van der Waals surface area contributed by atoms with Gasteiger partial charge < -0.3 is 0 Å². The van der Waals surface area contributed by atoms with Crippen molar-refractivity contribution in [3.05, 3.63) is 139 Å². The van der Waals surface area contributed by atoms with Crippen LogP contribution < -0.4 is 0 Å². The first-order chi connectivity index (χ1) is 14.0. The molecule has 0 saturated heterocycles. The summed E-state index contributed by atoms with van der Waals surface area (Å²) in [6.07, 6.45) is 0. The molecule has 0 radical (unpaired) electrons. The summed E-state index contributed by atoms with van der Waals surface area (Å²) in [4.78, 5) is 0. The Morgan fingerprint density at radius 1 is 0.448 bits per heavy atom. The summed E-state index contributed by atoms with van der Waals surface area (Å²) < 4.78 is 0. The van der Waals surface area contributed by atoms with Gasteiger partial charge in [-0.2, -0.15) is 0 Å². The van der Waals surface area contributed by atoms with Crippen LogP contribution in [0, 0.1) is 0 Å². The van der Waals surface area contributed by atoms with E-state index in [0.29, 0.717) is 20.1 Å². The van der Waals surface area contributed by atoms with Gasteiger partial charge in [0, 0.05) is 20.1 Å². The Hall–Kier alpha value is -1.96. The summed E-state index contributed by atoms with van der Waals surface area (Å²) in [6, 6.07) is 31.3. The SMILES string of the molecule is Clc1ccc(Cl)c(C(c2ccccc2)(c2ccccc2)c2cc(Cl)ccc2Cl)c1. The van der Waals surface area contributed by atoms with Crippen LogP contribution in [0.2, 0.25) is 20.1 Å². The Balaban J connectivity index is 2.24. The topological polar surface area (TPSA) is 0 Å². The second-order valence-electron chi connectivity index (χ2n) is 6.73. The van der Waals surface area contributed by atoms with Gasteiger partial charge in [0.1, 0.15) is 0 Å². The fraction of sp³-hybridized carbons (Fsp3) is 0.0400. The number of halogens is 4. The zero-order chi connectivity index (χ0) is 20.4. The van der Waals surface area contributed by atoms with E-state index in [1.807, 2.05) is 60.7 Å². The molecule has 0 nitrogen and oxygen atoms in total. The van der Waals surface area contributed by atoms with Gasteiger partial charge in [0.2, 0.25) is 0 Å². The van der Waals surface area contributed by atoms with Gasteiger partial charge in [0.25, 0.3) is 0 Å².